The van der Waals surface area contributed by atoms with Gasteiger partial charge in [0, 0.05) is 26.9 Å². The molecule has 1 rings (SSSR count). The number of rotatable bonds is 11. The van der Waals surface area contributed by atoms with E-state index in [9.17, 15) is 0 Å². The van der Waals surface area contributed by atoms with Crippen LogP contribution in [0.1, 0.15) is 12.8 Å². The molecule has 0 aliphatic carbocycles. The topological polar surface area (TPSA) is 49.0 Å². The third kappa shape index (κ3) is 8.83. The molecule has 0 amide bonds. The second-order valence-corrected chi connectivity index (χ2v) is 4.48. The Hall–Kier alpha value is -0.200. The van der Waals surface area contributed by atoms with E-state index in [1.165, 1.54) is 12.8 Å². The first-order valence-electron chi connectivity index (χ1n) is 6.86. The molecule has 5 nitrogen and oxygen atoms in total. The highest BCUT2D eigenvalue weighted by atomic mass is 16.5. The first-order valence-corrected chi connectivity index (χ1v) is 6.86. The van der Waals surface area contributed by atoms with Gasteiger partial charge in [-0.05, 0) is 25.3 Å². The molecule has 0 aromatic heterocycles. The largest absolute Gasteiger partial charge is 0.382 e. The predicted octanol–water partition coefficient (Wildman–Crippen LogP) is 0.682. The van der Waals surface area contributed by atoms with Crippen molar-refractivity contribution >= 4 is 0 Å². The van der Waals surface area contributed by atoms with Crippen LogP contribution in [-0.4, -0.2) is 66.4 Å². The third-order valence-electron chi connectivity index (χ3n) is 3.00. The summed E-state index contributed by atoms with van der Waals surface area (Å²) in [7, 11) is 1.67. The molecule has 0 unspecified atom stereocenters. The lowest BCUT2D eigenvalue weighted by Crippen LogP contribution is -2.30. The zero-order chi connectivity index (χ0) is 12.9. The summed E-state index contributed by atoms with van der Waals surface area (Å²) in [5, 5.41) is 3.42. The fraction of sp³-hybridized carbons (Fsp3) is 1.00. The van der Waals surface area contributed by atoms with Crippen molar-refractivity contribution in [3.63, 3.8) is 0 Å². The van der Waals surface area contributed by atoms with Gasteiger partial charge in [0.25, 0.3) is 0 Å². The van der Waals surface area contributed by atoms with Gasteiger partial charge in [0.15, 0.2) is 0 Å². The average Bonchev–Trinajstić information content (AvgIpc) is 2.42. The molecule has 1 saturated heterocycles. The molecule has 0 aromatic carbocycles. The summed E-state index contributed by atoms with van der Waals surface area (Å²) in [6, 6.07) is 0. The molecular weight excluding hydrogens is 234 g/mol. The van der Waals surface area contributed by atoms with E-state index in [1.54, 1.807) is 7.11 Å². The third-order valence-corrected chi connectivity index (χ3v) is 3.00. The summed E-state index contributed by atoms with van der Waals surface area (Å²) in [6.07, 6.45) is 2.36. The Labute approximate surface area is 110 Å². The minimum absolute atomic E-state index is 0.641. The van der Waals surface area contributed by atoms with Gasteiger partial charge >= 0.3 is 0 Å². The van der Waals surface area contributed by atoms with Gasteiger partial charge in [-0.2, -0.15) is 0 Å². The van der Waals surface area contributed by atoms with Crippen molar-refractivity contribution in [1.82, 2.24) is 5.32 Å². The standard InChI is InChI=1S/C13H27NO4/c1-15-8-9-18-11-10-17-7-4-14-12-13-2-5-16-6-3-13/h13-14H,2-12H2,1H3. The van der Waals surface area contributed by atoms with Crippen molar-refractivity contribution in [2.24, 2.45) is 5.92 Å². The van der Waals surface area contributed by atoms with Crippen LogP contribution in [0.4, 0.5) is 0 Å². The van der Waals surface area contributed by atoms with Crippen molar-refractivity contribution in [2.45, 2.75) is 12.8 Å². The van der Waals surface area contributed by atoms with E-state index in [1.807, 2.05) is 0 Å². The van der Waals surface area contributed by atoms with E-state index < -0.39 is 0 Å². The summed E-state index contributed by atoms with van der Waals surface area (Å²) < 4.78 is 20.9. The van der Waals surface area contributed by atoms with Crippen LogP contribution >= 0.6 is 0 Å². The van der Waals surface area contributed by atoms with E-state index in [0.717, 1.165) is 38.8 Å². The monoisotopic (exact) mass is 261 g/mol. The number of methoxy groups -OCH3 is 1. The molecule has 5 heteroatoms. The van der Waals surface area contributed by atoms with Gasteiger partial charge in [-0.15, -0.1) is 0 Å². The normalized spacial score (nSPS) is 17.2. The van der Waals surface area contributed by atoms with E-state index in [4.69, 9.17) is 18.9 Å². The lowest BCUT2D eigenvalue weighted by molar-refractivity contribution is 0.0249. The van der Waals surface area contributed by atoms with Crippen LogP contribution in [0, 0.1) is 5.92 Å². The summed E-state index contributed by atoms with van der Waals surface area (Å²) in [5.41, 5.74) is 0. The Kier molecular flexibility index (Phi) is 10.5. The molecule has 0 radical (unpaired) electrons. The number of hydrogen-bond donors (Lipinski definition) is 1. The van der Waals surface area contributed by atoms with Gasteiger partial charge in [0.2, 0.25) is 0 Å². The van der Waals surface area contributed by atoms with E-state index >= 15 is 0 Å². The minimum Gasteiger partial charge on any atom is -0.382 e. The van der Waals surface area contributed by atoms with Gasteiger partial charge < -0.3 is 24.3 Å². The molecule has 1 fully saturated rings. The first-order chi connectivity index (χ1) is 8.93. The predicted molar refractivity (Wildman–Crippen MR) is 69.9 cm³/mol. The van der Waals surface area contributed by atoms with Crippen molar-refractivity contribution in [3.8, 4) is 0 Å². The molecular formula is C13H27NO4. The Morgan fingerprint density at radius 2 is 1.67 bits per heavy atom. The zero-order valence-electron chi connectivity index (χ0n) is 11.5. The molecule has 1 aliphatic heterocycles. The Balaban J connectivity index is 1.73. The lowest BCUT2D eigenvalue weighted by Gasteiger charge is -2.22. The average molecular weight is 261 g/mol. The smallest absolute Gasteiger partial charge is 0.0701 e. The van der Waals surface area contributed by atoms with Crippen molar-refractivity contribution < 1.29 is 18.9 Å². The number of hydrogen-bond acceptors (Lipinski definition) is 5. The summed E-state index contributed by atoms with van der Waals surface area (Å²) in [5.74, 6) is 0.774. The second-order valence-electron chi connectivity index (χ2n) is 4.48. The molecule has 0 bridgehead atoms. The van der Waals surface area contributed by atoms with Crippen LogP contribution in [0.2, 0.25) is 0 Å². The van der Waals surface area contributed by atoms with Crippen LogP contribution in [-0.2, 0) is 18.9 Å². The number of nitrogens with one attached hydrogen (secondary N) is 1. The Bertz CT molecular complexity index is 174. The fourth-order valence-electron chi connectivity index (χ4n) is 1.87. The highest BCUT2D eigenvalue weighted by Gasteiger charge is 2.12. The summed E-state index contributed by atoms with van der Waals surface area (Å²) in [6.45, 7) is 7.16. The van der Waals surface area contributed by atoms with Crippen molar-refractivity contribution in [3.05, 3.63) is 0 Å². The quantitative estimate of drug-likeness (QED) is 0.554. The van der Waals surface area contributed by atoms with Crippen LogP contribution < -0.4 is 5.32 Å². The van der Waals surface area contributed by atoms with E-state index in [2.05, 4.69) is 5.32 Å². The minimum atomic E-state index is 0.641. The fourth-order valence-corrected chi connectivity index (χ4v) is 1.87. The van der Waals surface area contributed by atoms with Gasteiger partial charge in [0.05, 0.1) is 33.0 Å². The second kappa shape index (κ2) is 11.9. The maximum Gasteiger partial charge on any atom is 0.0701 e. The highest BCUT2D eigenvalue weighted by molar-refractivity contribution is 4.65. The van der Waals surface area contributed by atoms with Crippen LogP contribution in [0.15, 0.2) is 0 Å². The molecule has 0 spiro atoms. The van der Waals surface area contributed by atoms with Gasteiger partial charge in [-0.1, -0.05) is 0 Å². The Morgan fingerprint density at radius 1 is 1.00 bits per heavy atom. The molecule has 1 heterocycles. The molecule has 1 aliphatic rings. The van der Waals surface area contributed by atoms with Crippen LogP contribution in [0.3, 0.4) is 0 Å². The molecule has 0 saturated carbocycles. The van der Waals surface area contributed by atoms with E-state index in [0.29, 0.717) is 26.4 Å². The van der Waals surface area contributed by atoms with Gasteiger partial charge in [0.1, 0.15) is 0 Å². The molecule has 108 valence electrons. The molecule has 1 N–H and O–H groups in total. The zero-order valence-corrected chi connectivity index (χ0v) is 11.5. The van der Waals surface area contributed by atoms with Crippen LogP contribution in [0.25, 0.3) is 0 Å². The lowest BCUT2D eigenvalue weighted by atomic mass is 10.0. The number of ether oxygens (including phenoxy) is 4. The summed E-state index contributed by atoms with van der Waals surface area (Å²) >= 11 is 0. The molecule has 18 heavy (non-hydrogen) atoms. The van der Waals surface area contributed by atoms with Gasteiger partial charge in [-0.3, -0.25) is 0 Å². The molecule has 0 atom stereocenters. The SMILES string of the molecule is COCCOCCOCCNCC1CCOCC1. The van der Waals surface area contributed by atoms with Gasteiger partial charge in [-0.25, -0.2) is 0 Å². The highest BCUT2D eigenvalue weighted by Crippen LogP contribution is 2.12. The maximum absolute atomic E-state index is 5.45. The Morgan fingerprint density at radius 3 is 2.39 bits per heavy atom. The maximum atomic E-state index is 5.45. The van der Waals surface area contributed by atoms with E-state index in [-0.39, 0.29) is 0 Å². The van der Waals surface area contributed by atoms with Crippen LogP contribution in [0.5, 0.6) is 0 Å². The molecule has 0 aromatic rings. The van der Waals surface area contributed by atoms with Crippen molar-refractivity contribution in [1.29, 1.82) is 0 Å². The van der Waals surface area contributed by atoms with Crippen molar-refractivity contribution in [2.75, 3.05) is 66.4 Å². The summed E-state index contributed by atoms with van der Waals surface area (Å²) in [4.78, 5) is 0. The first kappa shape index (κ1) is 15.9.